The van der Waals surface area contributed by atoms with Gasteiger partial charge in [0, 0.05) is 17.5 Å². The molecule has 6 nitrogen and oxygen atoms in total. The Morgan fingerprint density at radius 2 is 2.29 bits per heavy atom. The predicted octanol–water partition coefficient (Wildman–Crippen LogP) is 2.16. The van der Waals surface area contributed by atoms with Crippen LogP contribution in [-0.4, -0.2) is 47.5 Å². The molecule has 2 aromatic heterocycles. The second-order valence-corrected chi connectivity index (χ2v) is 6.06. The van der Waals surface area contributed by atoms with Crippen LogP contribution in [0.2, 0.25) is 0 Å². The van der Waals surface area contributed by atoms with Gasteiger partial charge < -0.3 is 15.0 Å². The molecule has 2 amide bonds. The van der Waals surface area contributed by atoms with E-state index in [0.29, 0.717) is 18.8 Å². The number of nitrogens with zero attached hydrogens (tertiary/aromatic N) is 2. The molecule has 0 unspecified atom stereocenters. The summed E-state index contributed by atoms with van der Waals surface area (Å²) in [5.74, 6) is -0.487. The third kappa shape index (κ3) is 3.69. The predicted molar refractivity (Wildman–Crippen MR) is 92.7 cm³/mol. The summed E-state index contributed by atoms with van der Waals surface area (Å²) in [4.78, 5) is 29.9. The minimum absolute atomic E-state index is 0.196. The fourth-order valence-electron chi connectivity index (χ4n) is 2.41. The maximum atomic E-state index is 12.3. The van der Waals surface area contributed by atoms with Gasteiger partial charge in [-0.2, -0.15) is 11.3 Å². The van der Waals surface area contributed by atoms with Gasteiger partial charge in [-0.25, -0.2) is 0 Å². The van der Waals surface area contributed by atoms with Gasteiger partial charge in [0.15, 0.2) is 6.10 Å². The van der Waals surface area contributed by atoms with Crippen LogP contribution in [0.15, 0.2) is 47.8 Å². The Hall–Kier alpha value is -2.51. The molecule has 1 atom stereocenters. The normalized spacial score (nSPS) is 17.3. The van der Waals surface area contributed by atoms with Crippen molar-refractivity contribution in [1.82, 2.24) is 9.88 Å². The molecular formula is C17H17N3O3S. The molecule has 1 saturated heterocycles. The summed E-state index contributed by atoms with van der Waals surface area (Å²) >= 11 is 1.61. The van der Waals surface area contributed by atoms with Gasteiger partial charge in [0.25, 0.3) is 5.91 Å². The molecule has 3 rings (SSSR count). The number of ether oxygens (including phenoxy) is 1. The van der Waals surface area contributed by atoms with Crippen molar-refractivity contribution in [1.29, 1.82) is 0 Å². The summed E-state index contributed by atoms with van der Waals surface area (Å²) in [7, 11) is 0. The highest BCUT2D eigenvalue weighted by molar-refractivity contribution is 7.08. The first-order valence-corrected chi connectivity index (χ1v) is 8.44. The lowest BCUT2D eigenvalue weighted by atomic mass is 10.2. The summed E-state index contributed by atoms with van der Waals surface area (Å²) in [5, 5.41) is 6.78. The van der Waals surface area contributed by atoms with Crippen molar-refractivity contribution in [2.45, 2.75) is 6.10 Å². The Morgan fingerprint density at radius 1 is 1.42 bits per heavy atom. The maximum Gasteiger partial charge on any atom is 0.255 e. The van der Waals surface area contributed by atoms with Crippen LogP contribution in [0, 0.1) is 0 Å². The third-order valence-electron chi connectivity index (χ3n) is 3.69. The highest BCUT2D eigenvalue weighted by atomic mass is 32.1. The number of carbonyl (C=O) groups is 2. The minimum Gasteiger partial charge on any atom is -0.365 e. The van der Waals surface area contributed by atoms with Crippen LogP contribution in [0.5, 0.6) is 0 Å². The van der Waals surface area contributed by atoms with Crippen LogP contribution in [0.1, 0.15) is 0 Å². The van der Waals surface area contributed by atoms with Crippen LogP contribution < -0.4 is 5.32 Å². The van der Waals surface area contributed by atoms with Gasteiger partial charge in [-0.05, 0) is 29.7 Å². The van der Waals surface area contributed by atoms with Gasteiger partial charge in [0.1, 0.15) is 0 Å². The van der Waals surface area contributed by atoms with E-state index in [1.165, 1.54) is 6.08 Å². The number of carbonyl (C=O) groups excluding carboxylic acids is 2. The van der Waals surface area contributed by atoms with E-state index in [1.54, 1.807) is 28.5 Å². The maximum absolute atomic E-state index is 12.3. The van der Waals surface area contributed by atoms with E-state index in [-0.39, 0.29) is 18.4 Å². The van der Waals surface area contributed by atoms with Crippen molar-refractivity contribution in [3.05, 3.63) is 47.8 Å². The van der Waals surface area contributed by atoms with Gasteiger partial charge in [-0.3, -0.25) is 14.6 Å². The lowest BCUT2D eigenvalue weighted by molar-refractivity contribution is -0.141. The summed E-state index contributed by atoms with van der Waals surface area (Å²) in [6, 6.07) is 5.65. The quantitative estimate of drug-likeness (QED) is 0.864. The van der Waals surface area contributed by atoms with E-state index < -0.39 is 6.10 Å². The monoisotopic (exact) mass is 343 g/mol. The molecule has 1 aliphatic rings. The molecule has 1 N–H and O–H groups in total. The van der Waals surface area contributed by atoms with Crippen LogP contribution >= 0.6 is 11.3 Å². The van der Waals surface area contributed by atoms with E-state index in [1.807, 2.05) is 22.9 Å². The van der Waals surface area contributed by atoms with Crippen molar-refractivity contribution < 1.29 is 14.3 Å². The molecule has 0 spiro atoms. The van der Waals surface area contributed by atoms with Crippen molar-refractivity contribution in [3.63, 3.8) is 0 Å². The van der Waals surface area contributed by atoms with Gasteiger partial charge in [-0.1, -0.05) is 6.58 Å². The Morgan fingerprint density at radius 3 is 2.96 bits per heavy atom. The molecule has 0 aromatic carbocycles. The zero-order chi connectivity index (χ0) is 16.9. The van der Waals surface area contributed by atoms with Crippen LogP contribution in [-0.2, 0) is 14.3 Å². The number of aromatic nitrogens is 1. The Labute approximate surface area is 143 Å². The first-order chi connectivity index (χ1) is 11.7. The molecule has 0 saturated carbocycles. The Bertz CT molecular complexity index is 728. The largest absolute Gasteiger partial charge is 0.365 e. The second-order valence-electron chi connectivity index (χ2n) is 5.28. The minimum atomic E-state index is -0.695. The van der Waals surface area contributed by atoms with Crippen molar-refractivity contribution in [2.24, 2.45) is 0 Å². The highest BCUT2D eigenvalue weighted by Gasteiger charge is 2.28. The average molecular weight is 343 g/mol. The van der Waals surface area contributed by atoms with Crippen LogP contribution in [0.3, 0.4) is 0 Å². The molecule has 0 radical (unpaired) electrons. The fraction of sp³-hybridized carbons (Fsp3) is 0.235. The van der Waals surface area contributed by atoms with E-state index >= 15 is 0 Å². The SMILES string of the molecule is C=CC(=O)N1CCO[C@H](C(=O)Nc2ccc(-c3ccsc3)nc2)C1. The average Bonchev–Trinajstić information content (AvgIpc) is 3.16. The first kappa shape index (κ1) is 16.4. The van der Waals surface area contributed by atoms with Crippen LogP contribution in [0.25, 0.3) is 11.3 Å². The van der Waals surface area contributed by atoms with Crippen molar-refractivity contribution in [2.75, 3.05) is 25.0 Å². The number of nitrogens with one attached hydrogen (secondary N) is 1. The molecular weight excluding hydrogens is 326 g/mol. The van der Waals surface area contributed by atoms with Gasteiger partial charge in [-0.15, -0.1) is 0 Å². The zero-order valence-corrected chi connectivity index (χ0v) is 13.8. The molecule has 124 valence electrons. The topological polar surface area (TPSA) is 71.5 Å². The van der Waals surface area contributed by atoms with E-state index in [4.69, 9.17) is 4.74 Å². The summed E-state index contributed by atoms with van der Waals surface area (Å²) in [6.07, 6.45) is 2.16. The summed E-state index contributed by atoms with van der Waals surface area (Å²) in [6.45, 7) is 4.47. The van der Waals surface area contributed by atoms with E-state index in [2.05, 4.69) is 16.9 Å². The number of pyridine rings is 1. The second kappa shape index (κ2) is 7.37. The molecule has 2 aromatic rings. The van der Waals surface area contributed by atoms with E-state index in [0.717, 1.165) is 11.3 Å². The summed E-state index contributed by atoms with van der Waals surface area (Å²) < 4.78 is 5.46. The lowest BCUT2D eigenvalue weighted by Gasteiger charge is -2.31. The van der Waals surface area contributed by atoms with Crippen LogP contribution in [0.4, 0.5) is 5.69 Å². The zero-order valence-electron chi connectivity index (χ0n) is 13.0. The van der Waals surface area contributed by atoms with Gasteiger partial charge in [0.05, 0.1) is 30.7 Å². The smallest absolute Gasteiger partial charge is 0.255 e. The fourth-order valence-corrected chi connectivity index (χ4v) is 3.06. The number of hydrogen-bond donors (Lipinski definition) is 1. The number of hydrogen-bond acceptors (Lipinski definition) is 5. The molecule has 1 aliphatic heterocycles. The molecule has 3 heterocycles. The standard InChI is InChI=1S/C17H17N3O3S/c1-2-16(21)20-6-7-23-15(10-20)17(22)19-13-3-4-14(18-9-13)12-5-8-24-11-12/h2-5,8-9,11,15H,1,6-7,10H2,(H,19,22)/t15-/m0/s1. The van der Waals surface area contributed by atoms with E-state index in [9.17, 15) is 9.59 Å². The third-order valence-corrected chi connectivity index (χ3v) is 4.38. The Balaban J connectivity index is 1.62. The first-order valence-electron chi connectivity index (χ1n) is 7.50. The highest BCUT2D eigenvalue weighted by Crippen LogP contribution is 2.21. The molecule has 7 heteroatoms. The van der Waals surface area contributed by atoms with Crippen molar-refractivity contribution >= 4 is 28.8 Å². The number of rotatable bonds is 4. The number of amides is 2. The number of anilines is 1. The van der Waals surface area contributed by atoms with Crippen molar-refractivity contribution in [3.8, 4) is 11.3 Å². The van der Waals surface area contributed by atoms with Gasteiger partial charge >= 0.3 is 0 Å². The Kier molecular flexibility index (Phi) is 5.02. The number of thiophene rings is 1. The molecule has 0 aliphatic carbocycles. The molecule has 24 heavy (non-hydrogen) atoms. The molecule has 1 fully saturated rings. The summed E-state index contributed by atoms with van der Waals surface area (Å²) in [5.41, 5.74) is 2.49. The number of morpholine rings is 1. The molecule has 0 bridgehead atoms. The lowest BCUT2D eigenvalue weighted by Crippen LogP contribution is -2.49. The van der Waals surface area contributed by atoms with Gasteiger partial charge in [0.2, 0.25) is 5.91 Å².